The van der Waals surface area contributed by atoms with Crippen molar-refractivity contribution in [1.82, 2.24) is 0 Å². The Balaban J connectivity index is 1.62. The van der Waals surface area contributed by atoms with Crippen LogP contribution in [-0.4, -0.2) is 26.5 Å². The van der Waals surface area contributed by atoms with Crippen LogP contribution in [0.2, 0.25) is 0 Å². The van der Waals surface area contributed by atoms with Gasteiger partial charge in [-0.3, -0.25) is 4.99 Å². The molecule has 0 aromatic heterocycles. The monoisotopic (exact) mass is 467 g/mol. The van der Waals surface area contributed by atoms with Crippen LogP contribution in [0, 0.1) is 0 Å². The van der Waals surface area contributed by atoms with Crippen molar-refractivity contribution in [3.8, 4) is 17.2 Å². The van der Waals surface area contributed by atoms with E-state index in [4.69, 9.17) is 14.2 Å². The van der Waals surface area contributed by atoms with Gasteiger partial charge in [0.1, 0.15) is 12.4 Å². The zero-order valence-corrected chi connectivity index (χ0v) is 18.9. The van der Waals surface area contributed by atoms with E-state index in [0.29, 0.717) is 36.8 Å². The van der Waals surface area contributed by atoms with Crippen molar-refractivity contribution in [2.75, 3.05) is 20.8 Å². The minimum absolute atomic E-state index is 0.0397. The molecule has 0 amide bonds. The number of ether oxygens (including phenoxy) is 3. The molecule has 0 bridgehead atoms. The van der Waals surface area contributed by atoms with Crippen LogP contribution in [0.1, 0.15) is 27.8 Å². The van der Waals surface area contributed by atoms with E-state index in [-0.39, 0.29) is 11.3 Å². The van der Waals surface area contributed by atoms with Crippen molar-refractivity contribution in [3.05, 3.63) is 94.6 Å². The fourth-order valence-electron chi connectivity index (χ4n) is 3.80. The highest BCUT2D eigenvalue weighted by atomic mass is 19.4. The molecule has 4 rings (SSSR count). The highest BCUT2D eigenvalue weighted by molar-refractivity contribution is 6.12. The predicted molar refractivity (Wildman–Crippen MR) is 126 cm³/mol. The molecule has 0 atom stereocenters. The molecule has 3 aromatic carbocycles. The molecular weight excluding hydrogens is 443 g/mol. The Morgan fingerprint density at radius 3 is 2.41 bits per heavy atom. The molecule has 1 aliphatic rings. The lowest BCUT2D eigenvalue weighted by Gasteiger charge is -2.19. The largest absolute Gasteiger partial charge is 0.497 e. The number of rotatable bonds is 7. The standard InChI is InChI=1S/C27H24F3NO3/c1-32-21-10-8-19(23(15-21)27(28,29)30)9-11-24-22-16-25(33-2)26(14-20(22)12-13-31-24)34-17-18-6-4-3-5-7-18/h3-11,14-16H,12-13,17H2,1-2H3/b11-9+. The van der Waals surface area contributed by atoms with Gasteiger partial charge in [0.15, 0.2) is 11.5 Å². The number of aliphatic imine (C=N–C) groups is 1. The van der Waals surface area contributed by atoms with Crippen LogP contribution >= 0.6 is 0 Å². The lowest BCUT2D eigenvalue weighted by Crippen LogP contribution is -2.12. The third-order valence-corrected chi connectivity index (χ3v) is 5.55. The van der Waals surface area contributed by atoms with Gasteiger partial charge in [-0.25, -0.2) is 0 Å². The topological polar surface area (TPSA) is 40.0 Å². The number of hydrogen-bond donors (Lipinski definition) is 0. The van der Waals surface area contributed by atoms with E-state index in [1.807, 2.05) is 42.5 Å². The normalized spacial score (nSPS) is 13.4. The van der Waals surface area contributed by atoms with E-state index in [1.165, 1.54) is 25.3 Å². The van der Waals surface area contributed by atoms with Gasteiger partial charge in [-0.15, -0.1) is 0 Å². The first-order chi connectivity index (χ1) is 16.4. The molecule has 0 N–H and O–H groups in total. The Kier molecular flexibility index (Phi) is 6.91. The van der Waals surface area contributed by atoms with Gasteiger partial charge in [0.2, 0.25) is 0 Å². The molecule has 0 saturated carbocycles. The molecule has 0 radical (unpaired) electrons. The highest BCUT2D eigenvalue weighted by Crippen LogP contribution is 2.36. The van der Waals surface area contributed by atoms with Crippen LogP contribution < -0.4 is 14.2 Å². The fraction of sp³-hybridized carbons (Fsp3) is 0.222. The number of nitrogens with zero attached hydrogens (tertiary/aromatic N) is 1. The molecule has 4 nitrogen and oxygen atoms in total. The highest BCUT2D eigenvalue weighted by Gasteiger charge is 2.33. The van der Waals surface area contributed by atoms with Crippen LogP contribution in [0.3, 0.4) is 0 Å². The third-order valence-electron chi connectivity index (χ3n) is 5.55. The summed E-state index contributed by atoms with van der Waals surface area (Å²) in [4.78, 5) is 4.54. The van der Waals surface area contributed by atoms with Gasteiger partial charge in [0.25, 0.3) is 0 Å². The number of halogens is 3. The van der Waals surface area contributed by atoms with Crippen molar-refractivity contribution in [2.45, 2.75) is 19.2 Å². The number of fused-ring (bicyclic) bond motifs is 1. The summed E-state index contributed by atoms with van der Waals surface area (Å²) in [5.41, 5.74) is 2.73. The Bertz CT molecular complexity index is 1220. The van der Waals surface area contributed by atoms with Crippen LogP contribution in [0.5, 0.6) is 17.2 Å². The second kappa shape index (κ2) is 10.0. The maximum atomic E-state index is 13.6. The molecule has 1 heterocycles. The summed E-state index contributed by atoms with van der Waals surface area (Å²) in [6.07, 6.45) is -0.759. The Hall–Kier alpha value is -3.74. The lowest BCUT2D eigenvalue weighted by molar-refractivity contribution is -0.137. The fourth-order valence-corrected chi connectivity index (χ4v) is 3.80. The second-order valence-electron chi connectivity index (χ2n) is 7.74. The molecule has 0 fully saturated rings. The number of methoxy groups -OCH3 is 2. The summed E-state index contributed by atoms with van der Waals surface area (Å²) < 4.78 is 57.2. The summed E-state index contributed by atoms with van der Waals surface area (Å²) in [7, 11) is 2.89. The number of benzene rings is 3. The zero-order chi connectivity index (χ0) is 24.1. The van der Waals surface area contributed by atoms with E-state index in [9.17, 15) is 13.2 Å². The molecule has 0 aliphatic carbocycles. The Labute approximate surface area is 196 Å². The first-order valence-electron chi connectivity index (χ1n) is 10.7. The van der Waals surface area contributed by atoms with Crippen molar-refractivity contribution in [3.63, 3.8) is 0 Å². The molecule has 7 heteroatoms. The summed E-state index contributed by atoms with van der Waals surface area (Å²) in [5, 5.41) is 0. The number of allylic oxidation sites excluding steroid dienone is 1. The summed E-state index contributed by atoms with van der Waals surface area (Å²) in [6.45, 7) is 0.931. The van der Waals surface area contributed by atoms with Crippen molar-refractivity contribution >= 4 is 11.8 Å². The van der Waals surface area contributed by atoms with Gasteiger partial charge >= 0.3 is 6.18 Å². The first kappa shape index (κ1) is 23.4. The molecule has 0 unspecified atom stereocenters. The van der Waals surface area contributed by atoms with Gasteiger partial charge in [0.05, 0.1) is 25.5 Å². The van der Waals surface area contributed by atoms with E-state index >= 15 is 0 Å². The minimum atomic E-state index is -4.51. The van der Waals surface area contributed by atoms with Crippen molar-refractivity contribution in [2.24, 2.45) is 4.99 Å². The van der Waals surface area contributed by atoms with E-state index < -0.39 is 11.7 Å². The molecule has 0 saturated heterocycles. The van der Waals surface area contributed by atoms with Gasteiger partial charge in [0, 0.05) is 12.1 Å². The molecule has 176 valence electrons. The minimum Gasteiger partial charge on any atom is -0.497 e. The Morgan fingerprint density at radius 2 is 1.71 bits per heavy atom. The lowest BCUT2D eigenvalue weighted by atomic mass is 9.95. The average molecular weight is 467 g/mol. The maximum Gasteiger partial charge on any atom is 0.417 e. The average Bonchev–Trinajstić information content (AvgIpc) is 2.85. The first-order valence-corrected chi connectivity index (χ1v) is 10.7. The van der Waals surface area contributed by atoms with E-state index in [1.54, 1.807) is 13.2 Å². The maximum absolute atomic E-state index is 13.6. The molecule has 3 aromatic rings. The zero-order valence-electron chi connectivity index (χ0n) is 18.9. The van der Waals surface area contributed by atoms with Crippen molar-refractivity contribution in [1.29, 1.82) is 0 Å². The smallest absolute Gasteiger partial charge is 0.417 e. The molecule has 1 aliphatic heterocycles. The van der Waals surface area contributed by atoms with E-state index in [2.05, 4.69) is 4.99 Å². The van der Waals surface area contributed by atoms with Crippen molar-refractivity contribution < 1.29 is 27.4 Å². The number of alkyl halides is 3. The predicted octanol–water partition coefficient (Wildman–Crippen LogP) is 6.36. The Morgan fingerprint density at radius 1 is 0.912 bits per heavy atom. The molecule has 34 heavy (non-hydrogen) atoms. The summed E-state index contributed by atoms with van der Waals surface area (Å²) >= 11 is 0. The third kappa shape index (κ3) is 5.25. The van der Waals surface area contributed by atoms with Crippen LogP contribution in [0.15, 0.2) is 71.7 Å². The summed E-state index contributed by atoms with van der Waals surface area (Å²) in [6, 6.07) is 17.5. The number of hydrogen-bond acceptors (Lipinski definition) is 4. The molecule has 0 spiro atoms. The SMILES string of the molecule is COc1ccc(/C=C/C2=NCCc3cc(OCc4ccccc4)c(OC)cc32)c(C(F)(F)F)c1. The second-order valence-corrected chi connectivity index (χ2v) is 7.74. The van der Waals surface area contributed by atoms with E-state index in [0.717, 1.165) is 22.8 Å². The van der Waals surface area contributed by atoms with Crippen LogP contribution in [-0.2, 0) is 19.2 Å². The van der Waals surface area contributed by atoms with Crippen LogP contribution in [0.25, 0.3) is 6.08 Å². The quantitative estimate of drug-likeness (QED) is 0.406. The van der Waals surface area contributed by atoms with Crippen LogP contribution in [0.4, 0.5) is 13.2 Å². The summed E-state index contributed by atoms with van der Waals surface area (Å²) in [5.74, 6) is 1.31. The van der Waals surface area contributed by atoms with Gasteiger partial charge in [-0.05, 0) is 53.5 Å². The molecular formula is C27H24F3NO3. The van der Waals surface area contributed by atoms with Gasteiger partial charge < -0.3 is 14.2 Å². The van der Waals surface area contributed by atoms with Gasteiger partial charge in [-0.2, -0.15) is 13.2 Å². The van der Waals surface area contributed by atoms with Gasteiger partial charge in [-0.1, -0.05) is 42.5 Å².